The van der Waals surface area contributed by atoms with Gasteiger partial charge in [0.2, 0.25) is 0 Å². The second-order valence-corrected chi connectivity index (χ2v) is 7.55. The summed E-state index contributed by atoms with van der Waals surface area (Å²) in [4.78, 5) is 14.6. The lowest BCUT2D eigenvalue weighted by Crippen LogP contribution is -2.31. The van der Waals surface area contributed by atoms with Crippen LogP contribution in [-0.2, 0) is 9.47 Å². The van der Waals surface area contributed by atoms with Gasteiger partial charge in [0.1, 0.15) is 17.9 Å². The third kappa shape index (κ3) is 3.18. The summed E-state index contributed by atoms with van der Waals surface area (Å²) < 4.78 is 13.9. The van der Waals surface area contributed by atoms with E-state index in [1.165, 1.54) is 0 Å². The number of carbonyl (C=O) groups is 1. The maximum Gasteiger partial charge on any atom is 0.272 e. The van der Waals surface area contributed by atoms with Crippen molar-refractivity contribution in [2.24, 2.45) is 0 Å². The minimum absolute atomic E-state index is 0.0653. The smallest absolute Gasteiger partial charge is 0.272 e. The van der Waals surface area contributed by atoms with Crippen LogP contribution in [0.15, 0.2) is 41.4 Å². The van der Waals surface area contributed by atoms with Crippen LogP contribution >= 0.6 is 11.3 Å². The molecule has 0 aromatic carbocycles. The first-order valence-corrected chi connectivity index (χ1v) is 9.82. The Hall–Kier alpha value is -2.49. The maximum absolute atomic E-state index is 12.8. The molecule has 27 heavy (non-hydrogen) atoms. The standard InChI is InChI=1S/C18H19N5O3S/c24-18(15-6-14(20-21-15)12-2-5-27-11-12)22-7-16-17(8-22)26-10-13(9-25-16)23-4-1-3-19-23/h1-6,11,13,16-17H,7-10H2,(H,20,21)/t16-,17-/m0/s1. The van der Waals surface area contributed by atoms with Gasteiger partial charge in [0.25, 0.3) is 5.91 Å². The highest BCUT2D eigenvalue weighted by Crippen LogP contribution is 2.26. The number of amides is 1. The van der Waals surface area contributed by atoms with Crippen molar-refractivity contribution >= 4 is 17.2 Å². The van der Waals surface area contributed by atoms with Gasteiger partial charge in [-0.25, -0.2) is 0 Å². The van der Waals surface area contributed by atoms with Gasteiger partial charge in [0.05, 0.1) is 24.9 Å². The van der Waals surface area contributed by atoms with E-state index in [0.29, 0.717) is 32.0 Å². The van der Waals surface area contributed by atoms with Crippen LogP contribution in [0.3, 0.4) is 0 Å². The van der Waals surface area contributed by atoms with Crippen LogP contribution in [0.5, 0.6) is 0 Å². The highest BCUT2D eigenvalue weighted by Gasteiger charge is 2.40. The lowest BCUT2D eigenvalue weighted by Gasteiger charge is -2.18. The Morgan fingerprint density at radius 1 is 1.26 bits per heavy atom. The van der Waals surface area contributed by atoms with E-state index in [1.54, 1.807) is 28.5 Å². The minimum Gasteiger partial charge on any atom is -0.371 e. The van der Waals surface area contributed by atoms with Gasteiger partial charge in [-0.1, -0.05) is 0 Å². The molecule has 3 aromatic rings. The Morgan fingerprint density at radius 2 is 2.07 bits per heavy atom. The van der Waals surface area contributed by atoms with Crippen LogP contribution in [-0.4, -0.2) is 69.3 Å². The van der Waals surface area contributed by atoms with Gasteiger partial charge in [0, 0.05) is 36.4 Å². The molecule has 3 aromatic heterocycles. The van der Waals surface area contributed by atoms with Crippen molar-refractivity contribution < 1.29 is 14.3 Å². The molecule has 2 aliphatic rings. The van der Waals surface area contributed by atoms with Crippen LogP contribution in [0.4, 0.5) is 0 Å². The first-order valence-electron chi connectivity index (χ1n) is 8.87. The van der Waals surface area contributed by atoms with E-state index in [4.69, 9.17) is 9.47 Å². The summed E-state index contributed by atoms with van der Waals surface area (Å²) in [5.74, 6) is -0.0760. The average molecular weight is 385 g/mol. The number of thiophene rings is 1. The molecule has 0 bridgehead atoms. The number of hydrogen-bond donors (Lipinski definition) is 1. The lowest BCUT2D eigenvalue weighted by molar-refractivity contribution is -0.00461. The molecule has 0 saturated carbocycles. The number of fused-ring (bicyclic) bond motifs is 1. The Bertz CT molecular complexity index is 891. The Labute approximate surface area is 159 Å². The molecular weight excluding hydrogens is 366 g/mol. The van der Waals surface area contributed by atoms with Crippen molar-refractivity contribution in [3.63, 3.8) is 0 Å². The van der Waals surface area contributed by atoms with Gasteiger partial charge >= 0.3 is 0 Å². The van der Waals surface area contributed by atoms with E-state index in [-0.39, 0.29) is 24.2 Å². The average Bonchev–Trinajstić information content (AvgIpc) is 3.46. The summed E-state index contributed by atoms with van der Waals surface area (Å²) in [6.07, 6.45) is 3.43. The molecular formula is C18H19N5O3S. The zero-order valence-electron chi connectivity index (χ0n) is 14.5. The van der Waals surface area contributed by atoms with Crippen molar-refractivity contribution in [1.29, 1.82) is 0 Å². The quantitative estimate of drug-likeness (QED) is 0.743. The molecule has 0 spiro atoms. The highest BCUT2D eigenvalue weighted by molar-refractivity contribution is 7.08. The first kappa shape index (κ1) is 16.7. The number of nitrogens with one attached hydrogen (secondary N) is 1. The molecule has 2 aliphatic heterocycles. The number of aromatic nitrogens is 4. The Balaban J connectivity index is 1.24. The second kappa shape index (κ2) is 6.91. The van der Waals surface area contributed by atoms with Gasteiger partial charge in [-0.05, 0) is 23.6 Å². The fraction of sp³-hybridized carbons (Fsp3) is 0.389. The van der Waals surface area contributed by atoms with Gasteiger partial charge < -0.3 is 14.4 Å². The highest BCUT2D eigenvalue weighted by atomic mass is 32.1. The number of rotatable bonds is 3. The Morgan fingerprint density at radius 3 is 2.74 bits per heavy atom. The Kier molecular flexibility index (Phi) is 4.27. The molecule has 2 fully saturated rings. The molecule has 5 rings (SSSR count). The predicted octanol–water partition coefficient (Wildman–Crippen LogP) is 1.82. The fourth-order valence-corrected chi connectivity index (χ4v) is 4.21. The van der Waals surface area contributed by atoms with Gasteiger partial charge in [-0.3, -0.25) is 14.6 Å². The number of carbonyl (C=O) groups excluding carboxylic acids is 1. The first-order chi connectivity index (χ1) is 13.3. The summed E-state index contributed by atoms with van der Waals surface area (Å²) in [7, 11) is 0. The maximum atomic E-state index is 12.8. The van der Waals surface area contributed by atoms with Crippen LogP contribution in [0.1, 0.15) is 16.5 Å². The minimum atomic E-state index is -0.117. The molecule has 2 atom stereocenters. The molecule has 8 nitrogen and oxygen atoms in total. The number of nitrogens with zero attached hydrogens (tertiary/aromatic N) is 4. The molecule has 1 amide bonds. The molecule has 0 aliphatic carbocycles. The summed E-state index contributed by atoms with van der Waals surface area (Å²) in [6, 6.07) is 5.74. The zero-order chi connectivity index (χ0) is 18.2. The lowest BCUT2D eigenvalue weighted by atomic mass is 10.2. The molecule has 140 valence electrons. The van der Waals surface area contributed by atoms with Crippen molar-refractivity contribution in [2.75, 3.05) is 26.3 Å². The van der Waals surface area contributed by atoms with Gasteiger partial charge in [0.15, 0.2) is 0 Å². The molecule has 0 radical (unpaired) electrons. The van der Waals surface area contributed by atoms with Crippen LogP contribution in [0.2, 0.25) is 0 Å². The van der Waals surface area contributed by atoms with Gasteiger partial charge in [-0.2, -0.15) is 21.5 Å². The van der Waals surface area contributed by atoms with Crippen molar-refractivity contribution in [3.05, 3.63) is 47.0 Å². The van der Waals surface area contributed by atoms with E-state index in [9.17, 15) is 4.79 Å². The summed E-state index contributed by atoms with van der Waals surface area (Å²) >= 11 is 1.60. The largest absolute Gasteiger partial charge is 0.371 e. The number of likely N-dealkylation sites (tertiary alicyclic amines) is 1. The normalized spacial score (nSPS) is 23.3. The number of aromatic amines is 1. The summed E-state index contributed by atoms with van der Waals surface area (Å²) in [6.45, 7) is 2.08. The van der Waals surface area contributed by atoms with Crippen LogP contribution in [0.25, 0.3) is 11.3 Å². The van der Waals surface area contributed by atoms with E-state index >= 15 is 0 Å². The SMILES string of the molecule is O=C(c1cc(-c2ccsc2)n[nH]1)N1C[C@@H]2OCC(n3cccn3)CO[C@H]2C1. The third-order valence-corrected chi connectivity index (χ3v) is 5.72. The topological polar surface area (TPSA) is 85.3 Å². The fourth-order valence-electron chi connectivity index (χ4n) is 3.56. The molecule has 5 heterocycles. The molecule has 9 heteroatoms. The molecule has 1 N–H and O–H groups in total. The molecule has 2 saturated heterocycles. The van der Waals surface area contributed by atoms with E-state index < -0.39 is 0 Å². The number of H-pyrrole nitrogens is 1. The summed E-state index contributed by atoms with van der Waals surface area (Å²) in [5.41, 5.74) is 2.28. The summed E-state index contributed by atoms with van der Waals surface area (Å²) in [5, 5.41) is 15.4. The molecule has 0 unspecified atom stereocenters. The zero-order valence-corrected chi connectivity index (χ0v) is 15.3. The van der Waals surface area contributed by atoms with E-state index in [0.717, 1.165) is 11.3 Å². The van der Waals surface area contributed by atoms with Gasteiger partial charge in [-0.15, -0.1) is 0 Å². The van der Waals surface area contributed by atoms with Crippen LogP contribution < -0.4 is 0 Å². The predicted molar refractivity (Wildman–Crippen MR) is 98.5 cm³/mol. The van der Waals surface area contributed by atoms with Crippen molar-refractivity contribution in [3.8, 4) is 11.3 Å². The van der Waals surface area contributed by atoms with Crippen molar-refractivity contribution in [1.82, 2.24) is 24.9 Å². The van der Waals surface area contributed by atoms with E-state index in [2.05, 4.69) is 15.3 Å². The monoisotopic (exact) mass is 385 g/mol. The second-order valence-electron chi connectivity index (χ2n) is 6.77. The van der Waals surface area contributed by atoms with Crippen molar-refractivity contribution in [2.45, 2.75) is 18.2 Å². The van der Waals surface area contributed by atoms with E-state index in [1.807, 2.05) is 33.8 Å². The number of ether oxygens (including phenoxy) is 2. The third-order valence-electron chi connectivity index (χ3n) is 5.03. The number of hydrogen-bond acceptors (Lipinski definition) is 6. The van der Waals surface area contributed by atoms with Crippen LogP contribution in [0, 0.1) is 0 Å².